The average Bonchev–Trinajstić information content (AvgIpc) is 2.16. The Balaban J connectivity index is 3.58. The van der Waals surface area contributed by atoms with Gasteiger partial charge in [0.05, 0.1) is 12.5 Å². The standard InChI is InChI=1S/C9H14N4/c1-2-3-4-7-12-13-9(8-11)5-6-10/h12H,2-5,7H2,1H3/b13-9+. The van der Waals surface area contributed by atoms with Gasteiger partial charge in [0.15, 0.2) is 5.71 Å². The number of nitrogens with one attached hydrogen (secondary N) is 1. The van der Waals surface area contributed by atoms with Gasteiger partial charge in [0.25, 0.3) is 0 Å². The molecular weight excluding hydrogens is 164 g/mol. The Labute approximate surface area is 78.9 Å². The van der Waals surface area contributed by atoms with Crippen LogP contribution in [0.2, 0.25) is 0 Å². The van der Waals surface area contributed by atoms with E-state index in [0.717, 1.165) is 25.8 Å². The average molecular weight is 178 g/mol. The van der Waals surface area contributed by atoms with Crippen LogP contribution in [0.4, 0.5) is 0 Å². The first-order chi connectivity index (χ1) is 6.35. The molecular formula is C9H14N4. The minimum atomic E-state index is 0.0806. The largest absolute Gasteiger partial charge is 0.309 e. The Bertz CT molecular complexity index is 231. The highest BCUT2D eigenvalue weighted by molar-refractivity contribution is 5.99. The van der Waals surface area contributed by atoms with E-state index in [0.29, 0.717) is 0 Å². The zero-order chi connectivity index (χ0) is 9.94. The highest BCUT2D eigenvalue weighted by Gasteiger charge is 1.94. The van der Waals surface area contributed by atoms with Crippen LogP contribution in [0.3, 0.4) is 0 Å². The summed E-state index contributed by atoms with van der Waals surface area (Å²) < 4.78 is 0. The summed E-state index contributed by atoms with van der Waals surface area (Å²) in [5, 5.41) is 20.6. The molecule has 1 N–H and O–H groups in total. The highest BCUT2D eigenvalue weighted by atomic mass is 15.3. The lowest BCUT2D eigenvalue weighted by Crippen LogP contribution is -2.10. The summed E-state index contributed by atoms with van der Waals surface area (Å²) >= 11 is 0. The van der Waals surface area contributed by atoms with E-state index in [4.69, 9.17) is 10.5 Å². The van der Waals surface area contributed by atoms with Crippen LogP contribution < -0.4 is 5.43 Å². The molecule has 0 heterocycles. The maximum atomic E-state index is 8.49. The molecule has 0 unspecified atom stereocenters. The maximum Gasteiger partial charge on any atom is 0.151 e. The van der Waals surface area contributed by atoms with Crippen LogP contribution in [-0.4, -0.2) is 12.3 Å². The molecule has 0 fully saturated rings. The molecule has 0 saturated heterocycles. The molecule has 0 rings (SSSR count). The van der Waals surface area contributed by atoms with Gasteiger partial charge in [0, 0.05) is 6.54 Å². The van der Waals surface area contributed by atoms with E-state index in [9.17, 15) is 0 Å². The fraction of sp³-hybridized carbons (Fsp3) is 0.667. The molecule has 0 aliphatic heterocycles. The van der Waals surface area contributed by atoms with Crippen LogP contribution in [0, 0.1) is 22.7 Å². The third kappa shape index (κ3) is 6.83. The summed E-state index contributed by atoms with van der Waals surface area (Å²) in [7, 11) is 0. The zero-order valence-electron chi connectivity index (χ0n) is 7.88. The first-order valence-corrected chi connectivity index (χ1v) is 4.41. The summed E-state index contributed by atoms with van der Waals surface area (Å²) in [6.45, 7) is 2.89. The molecule has 0 aromatic heterocycles. The van der Waals surface area contributed by atoms with Crippen LogP contribution in [0.25, 0.3) is 0 Å². The Morgan fingerprint density at radius 2 is 2.15 bits per heavy atom. The maximum absolute atomic E-state index is 8.49. The second kappa shape index (κ2) is 8.55. The van der Waals surface area contributed by atoms with Gasteiger partial charge in [-0.3, -0.25) is 0 Å². The van der Waals surface area contributed by atoms with E-state index in [1.807, 2.05) is 12.1 Å². The number of hydrogen-bond donors (Lipinski definition) is 1. The lowest BCUT2D eigenvalue weighted by molar-refractivity contribution is 0.639. The summed E-state index contributed by atoms with van der Waals surface area (Å²) in [5.41, 5.74) is 3.02. The van der Waals surface area contributed by atoms with Crippen molar-refractivity contribution in [3.63, 3.8) is 0 Å². The van der Waals surface area contributed by atoms with Gasteiger partial charge < -0.3 is 5.43 Å². The minimum absolute atomic E-state index is 0.0806. The number of nitrogens with zero attached hydrogens (tertiary/aromatic N) is 3. The molecule has 13 heavy (non-hydrogen) atoms. The fourth-order valence-corrected chi connectivity index (χ4v) is 0.784. The number of hydrogen-bond acceptors (Lipinski definition) is 4. The van der Waals surface area contributed by atoms with Crippen LogP contribution in [0.1, 0.15) is 32.6 Å². The molecule has 0 aromatic rings. The second-order valence-electron chi connectivity index (χ2n) is 2.62. The molecule has 0 aliphatic rings. The third-order valence-corrected chi connectivity index (χ3v) is 1.48. The van der Waals surface area contributed by atoms with Gasteiger partial charge in [-0.25, -0.2) is 0 Å². The minimum Gasteiger partial charge on any atom is -0.309 e. The fourth-order valence-electron chi connectivity index (χ4n) is 0.784. The van der Waals surface area contributed by atoms with E-state index in [1.165, 1.54) is 0 Å². The molecule has 0 radical (unpaired) electrons. The number of rotatable bonds is 6. The summed E-state index contributed by atoms with van der Waals surface area (Å²) in [4.78, 5) is 0. The van der Waals surface area contributed by atoms with Gasteiger partial charge in [-0.1, -0.05) is 19.8 Å². The van der Waals surface area contributed by atoms with Crippen LogP contribution in [-0.2, 0) is 0 Å². The number of unbranched alkanes of at least 4 members (excludes halogenated alkanes) is 2. The quantitative estimate of drug-likeness (QED) is 0.381. The molecule has 70 valence electrons. The van der Waals surface area contributed by atoms with E-state index in [1.54, 1.807) is 0 Å². The molecule has 0 saturated carbocycles. The van der Waals surface area contributed by atoms with Crippen LogP contribution in [0.15, 0.2) is 5.10 Å². The predicted octanol–water partition coefficient (Wildman–Crippen LogP) is 1.56. The SMILES string of the molecule is CCCCCN/N=C(/C#N)CC#N. The predicted molar refractivity (Wildman–Crippen MR) is 50.8 cm³/mol. The van der Waals surface area contributed by atoms with Crippen molar-refractivity contribution in [2.45, 2.75) is 32.6 Å². The number of hydrazone groups is 1. The first kappa shape index (κ1) is 11.4. The third-order valence-electron chi connectivity index (χ3n) is 1.48. The summed E-state index contributed by atoms with van der Waals surface area (Å²) in [5.74, 6) is 0. The molecule has 4 heteroatoms. The zero-order valence-corrected chi connectivity index (χ0v) is 7.88. The lowest BCUT2D eigenvalue weighted by atomic mass is 10.2. The van der Waals surface area contributed by atoms with Crippen molar-refractivity contribution in [1.29, 1.82) is 10.5 Å². The second-order valence-corrected chi connectivity index (χ2v) is 2.62. The Hall–Kier alpha value is -1.55. The lowest BCUT2D eigenvalue weighted by Gasteiger charge is -1.98. The van der Waals surface area contributed by atoms with Crippen LogP contribution in [0.5, 0.6) is 0 Å². The molecule has 0 spiro atoms. The van der Waals surface area contributed by atoms with Gasteiger partial charge in [-0.15, -0.1) is 0 Å². The van der Waals surface area contributed by atoms with Crippen molar-refractivity contribution in [3.05, 3.63) is 0 Å². The normalized spacial score (nSPS) is 10.2. The molecule has 0 aromatic carbocycles. The van der Waals surface area contributed by atoms with Crippen molar-refractivity contribution in [2.24, 2.45) is 5.10 Å². The van der Waals surface area contributed by atoms with Gasteiger partial charge in [-0.2, -0.15) is 15.6 Å². The topological polar surface area (TPSA) is 72.0 Å². The van der Waals surface area contributed by atoms with Crippen molar-refractivity contribution in [3.8, 4) is 12.1 Å². The smallest absolute Gasteiger partial charge is 0.151 e. The monoisotopic (exact) mass is 178 g/mol. The molecule has 0 aliphatic carbocycles. The summed E-state index contributed by atoms with van der Waals surface area (Å²) in [6.07, 6.45) is 3.44. The first-order valence-electron chi connectivity index (χ1n) is 4.41. The van der Waals surface area contributed by atoms with Crippen LogP contribution >= 0.6 is 0 Å². The van der Waals surface area contributed by atoms with Gasteiger partial charge in [0.2, 0.25) is 0 Å². The summed E-state index contributed by atoms with van der Waals surface area (Å²) in [6, 6.07) is 3.74. The number of nitriles is 2. The van der Waals surface area contributed by atoms with Gasteiger partial charge >= 0.3 is 0 Å². The Morgan fingerprint density at radius 1 is 1.38 bits per heavy atom. The van der Waals surface area contributed by atoms with Crippen molar-refractivity contribution >= 4 is 5.71 Å². The van der Waals surface area contributed by atoms with Crippen molar-refractivity contribution in [2.75, 3.05) is 6.54 Å². The van der Waals surface area contributed by atoms with E-state index < -0.39 is 0 Å². The van der Waals surface area contributed by atoms with Crippen molar-refractivity contribution in [1.82, 2.24) is 5.43 Å². The van der Waals surface area contributed by atoms with Gasteiger partial charge in [0.1, 0.15) is 6.07 Å². The van der Waals surface area contributed by atoms with E-state index >= 15 is 0 Å². The Kier molecular flexibility index (Phi) is 7.53. The van der Waals surface area contributed by atoms with Gasteiger partial charge in [-0.05, 0) is 6.42 Å². The highest BCUT2D eigenvalue weighted by Crippen LogP contribution is 1.91. The molecule has 4 nitrogen and oxygen atoms in total. The Morgan fingerprint density at radius 3 is 2.69 bits per heavy atom. The van der Waals surface area contributed by atoms with Crippen molar-refractivity contribution < 1.29 is 0 Å². The molecule has 0 atom stereocenters. The molecule has 0 bridgehead atoms. The molecule has 0 amide bonds. The van der Waals surface area contributed by atoms with E-state index in [-0.39, 0.29) is 12.1 Å². The van der Waals surface area contributed by atoms with E-state index in [2.05, 4.69) is 17.5 Å².